The van der Waals surface area contributed by atoms with Crippen LogP contribution >= 0.6 is 0 Å². The van der Waals surface area contributed by atoms with Gasteiger partial charge in [-0.2, -0.15) is 13.2 Å². The van der Waals surface area contributed by atoms with Crippen LogP contribution in [0.1, 0.15) is 48.5 Å². The summed E-state index contributed by atoms with van der Waals surface area (Å²) >= 11 is 0. The monoisotopic (exact) mass is 637 g/mol. The Morgan fingerprint density at radius 2 is 1.44 bits per heavy atom. The van der Waals surface area contributed by atoms with E-state index < -0.39 is 78.6 Å². The molecule has 15 heteroatoms. The first kappa shape index (κ1) is 31.3. The Morgan fingerprint density at radius 3 is 1.90 bits per heavy atom. The van der Waals surface area contributed by atoms with E-state index in [-0.39, 0.29) is 37.8 Å². The number of benzene rings is 2. The van der Waals surface area contributed by atoms with Gasteiger partial charge in [-0.05, 0) is 68.9 Å². The predicted molar refractivity (Wildman–Crippen MR) is 143 cm³/mol. The molecule has 0 N–H and O–H groups in total. The lowest BCUT2D eigenvalue weighted by Crippen LogP contribution is -2.43. The Hall–Kier alpha value is -2.65. The van der Waals surface area contributed by atoms with Crippen LogP contribution < -0.4 is 4.74 Å². The van der Waals surface area contributed by atoms with Crippen molar-refractivity contribution in [3.8, 4) is 5.75 Å². The number of hydrogen-bond acceptors (Lipinski definition) is 8. The van der Waals surface area contributed by atoms with E-state index in [2.05, 4.69) is 0 Å². The summed E-state index contributed by atoms with van der Waals surface area (Å²) in [6.45, 7) is 1.37. The maximum absolute atomic E-state index is 13.6. The minimum atomic E-state index is -4.71. The van der Waals surface area contributed by atoms with Crippen molar-refractivity contribution in [2.45, 2.75) is 64.8 Å². The molecule has 2 aromatic carbocycles. The second kappa shape index (κ2) is 10.9. The molecule has 1 amide bonds. The van der Waals surface area contributed by atoms with Gasteiger partial charge >= 0.3 is 6.18 Å². The zero-order valence-corrected chi connectivity index (χ0v) is 25.0. The molecule has 0 aromatic heterocycles. The average Bonchev–Trinajstić information content (AvgIpc) is 3.70. The Morgan fingerprint density at radius 1 is 0.902 bits per heavy atom. The maximum Gasteiger partial charge on any atom is 0.416 e. The van der Waals surface area contributed by atoms with Crippen LogP contribution in [-0.2, 0) is 35.7 Å². The smallest absolute Gasteiger partial charge is 0.416 e. The molecule has 0 spiro atoms. The summed E-state index contributed by atoms with van der Waals surface area (Å²) in [4.78, 5) is 13.5. The molecule has 4 rings (SSSR count). The summed E-state index contributed by atoms with van der Waals surface area (Å²) in [6, 6.07) is 5.81. The average molecular weight is 638 g/mol. The van der Waals surface area contributed by atoms with Crippen molar-refractivity contribution < 1.29 is 48.0 Å². The molecule has 1 aliphatic heterocycles. The van der Waals surface area contributed by atoms with Gasteiger partial charge in [0.1, 0.15) is 5.75 Å². The van der Waals surface area contributed by atoms with Crippen LogP contribution in [0.4, 0.5) is 13.2 Å². The summed E-state index contributed by atoms with van der Waals surface area (Å²) in [5.74, 6) is -1.33. The highest BCUT2D eigenvalue weighted by Gasteiger charge is 2.38. The Balaban J connectivity index is 1.59. The molecular formula is C26H30F3NO8S3. The van der Waals surface area contributed by atoms with E-state index in [1.165, 1.54) is 11.8 Å². The maximum atomic E-state index is 13.6. The number of nitrogens with zero attached hydrogens (tertiary/aromatic N) is 1. The van der Waals surface area contributed by atoms with Gasteiger partial charge in [0.05, 0.1) is 37.2 Å². The molecule has 41 heavy (non-hydrogen) atoms. The zero-order chi connectivity index (χ0) is 30.5. The second-order valence-corrected chi connectivity index (χ2v) is 16.8. The van der Waals surface area contributed by atoms with E-state index >= 15 is 0 Å². The van der Waals surface area contributed by atoms with Gasteiger partial charge in [0.2, 0.25) is 0 Å². The number of carbonyl (C=O) groups is 1. The molecule has 2 aromatic rings. The van der Waals surface area contributed by atoms with E-state index in [9.17, 15) is 43.2 Å². The fraction of sp³-hybridized carbons (Fsp3) is 0.500. The Labute approximate surface area is 237 Å². The molecule has 2 aliphatic rings. The van der Waals surface area contributed by atoms with Gasteiger partial charge in [-0.1, -0.05) is 6.07 Å². The fourth-order valence-corrected chi connectivity index (χ4v) is 8.48. The second-order valence-electron chi connectivity index (χ2n) is 10.6. The Bertz CT molecular complexity index is 1620. The van der Waals surface area contributed by atoms with Crippen molar-refractivity contribution >= 4 is 35.4 Å². The molecule has 0 unspecified atom stereocenters. The number of hydrogen-bond donors (Lipinski definition) is 0. The summed E-state index contributed by atoms with van der Waals surface area (Å²) in [5, 5.41) is -1.07. The first-order valence-corrected chi connectivity index (χ1v) is 18.1. The molecule has 0 radical (unpaired) electrons. The van der Waals surface area contributed by atoms with E-state index in [1.807, 2.05) is 0 Å². The number of halogens is 3. The van der Waals surface area contributed by atoms with Crippen molar-refractivity contribution in [1.82, 2.24) is 4.90 Å². The first-order valence-electron chi connectivity index (χ1n) is 12.8. The SMILES string of the molecule is C[C@@H](C1CCN(C(=O)c2c(S(C)(=O)=O)cc(OC3CC3)cc2S(C)(=O)=O)CC1)S(=O)(=O)c1cccc(C(F)(F)F)c1. The number of piperidine rings is 1. The topological polar surface area (TPSA) is 132 Å². The normalized spacial score (nSPS) is 18.2. The molecule has 1 saturated carbocycles. The minimum Gasteiger partial charge on any atom is -0.490 e. The lowest BCUT2D eigenvalue weighted by molar-refractivity contribution is -0.137. The number of ether oxygens (including phenoxy) is 1. The summed E-state index contributed by atoms with van der Waals surface area (Å²) in [5.41, 5.74) is -1.58. The van der Waals surface area contributed by atoms with E-state index in [4.69, 9.17) is 4.74 Å². The highest BCUT2D eigenvalue weighted by Crippen LogP contribution is 2.37. The van der Waals surface area contributed by atoms with Crippen LogP contribution in [0, 0.1) is 5.92 Å². The molecule has 2 fully saturated rings. The van der Waals surface area contributed by atoms with Gasteiger partial charge in [-0.25, -0.2) is 25.3 Å². The van der Waals surface area contributed by atoms with Crippen LogP contribution in [0.15, 0.2) is 51.1 Å². The third-order valence-corrected chi connectivity index (χ3v) is 11.9. The van der Waals surface area contributed by atoms with Crippen molar-refractivity contribution in [3.05, 3.63) is 47.5 Å². The van der Waals surface area contributed by atoms with Crippen LogP contribution in [0.3, 0.4) is 0 Å². The third-order valence-electron chi connectivity index (χ3n) is 7.35. The van der Waals surface area contributed by atoms with Crippen LogP contribution in [0.25, 0.3) is 0 Å². The predicted octanol–water partition coefficient (Wildman–Crippen LogP) is 3.77. The van der Waals surface area contributed by atoms with Crippen LogP contribution in [-0.4, -0.2) is 73.0 Å². The van der Waals surface area contributed by atoms with Gasteiger partial charge in [0.15, 0.2) is 29.5 Å². The highest BCUT2D eigenvalue weighted by atomic mass is 32.2. The molecule has 1 saturated heterocycles. The number of rotatable bonds is 8. The van der Waals surface area contributed by atoms with Gasteiger partial charge < -0.3 is 9.64 Å². The largest absolute Gasteiger partial charge is 0.490 e. The molecular weight excluding hydrogens is 607 g/mol. The lowest BCUT2D eigenvalue weighted by Gasteiger charge is -2.35. The zero-order valence-electron chi connectivity index (χ0n) is 22.5. The van der Waals surface area contributed by atoms with Crippen LogP contribution in [0.5, 0.6) is 5.75 Å². The Kier molecular flexibility index (Phi) is 8.30. The van der Waals surface area contributed by atoms with Crippen molar-refractivity contribution in [2.75, 3.05) is 25.6 Å². The number of sulfone groups is 3. The lowest BCUT2D eigenvalue weighted by atomic mass is 9.93. The van der Waals surface area contributed by atoms with E-state index in [0.717, 1.165) is 55.7 Å². The number of amides is 1. The van der Waals surface area contributed by atoms with Crippen molar-refractivity contribution in [2.24, 2.45) is 5.92 Å². The minimum absolute atomic E-state index is 0.0152. The summed E-state index contributed by atoms with van der Waals surface area (Å²) in [6.07, 6.45) is -1.38. The van der Waals surface area contributed by atoms with Crippen LogP contribution in [0.2, 0.25) is 0 Å². The van der Waals surface area contributed by atoms with Gasteiger partial charge in [-0.3, -0.25) is 4.79 Å². The van der Waals surface area contributed by atoms with E-state index in [1.54, 1.807) is 0 Å². The molecule has 1 aliphatic carbocycles. The standard InChI is InChI=1S/C26H30F3NO8S3/c1-16(41(36,37)21-6-4-5-18(13-21)26(27,28)29)17-9-11-30(12-10-17)25(31)24-22(39(2,32)33)14-20(38-19-7-8-19)15-23(24)40(3,34)35/h4-6,13-17,19H,7-12H2,1-3H3/t16-/m0/s1. The first-order chi connectivity index (χ1) is 18.8. The molecule has 226 valence electrons. The molecule has 1 heterocycles. The van der Waals surface area contributed by atoms with Gasteiger partial charge in [0, 0.05) is 25.6 Å². The number of alkyl halides is 3. The highest BCUT2D eigenvalue weighted by molar-refractivity contribution is 7.92. The molecule has 1 atom stereocenters. The summed E-state index contributed by atoms with van der Waals surface area (Å²) < 4.78 is 122. The molecule has 9 nitrogen and oxygen atoms in total. The third kappa shape index (κ3) is 6.88. The number of carbonyl (C=O) groups excluding carboxylic acids is 1. The number of likely N-dealkylation sites (tertiary alicyclic amines) is 1. The quantitative estimate of drug-likeness (QED) is 0.428. The van der Waals surface area contributed by atoms with Crippen molar-refractivity contribution in [3.63, 3.8) is 0 Å². The van der Waals surface area contributed by atoms with Gasteiger partial charge in [0.25, 0.3) is 5.91 Å². The van der Waals surface area contributed by atoms with Crippen molar-refractivity contribution in [1.29, 1.82) is 0 Å². The van der Waals surface area contributed by atoms with Gasteiger partial charge in [-0.15, -0.1) is 0 Å². The molecule has 0 bridgehead atoms. The van der Waals surface area contributed by atoms with E-state index in [0.29, 0.717) is 6.07 Å². The fourth-order valence-electron chi connectivity index (χ4n) is 4.86. The summed E-state index contributed by atoms with van der Waals surface area (Å²) in [7, 11) is -12.3.